The first kappa shape index (κ1) is 13.7. The largest absolute Gasteiger partial charge is 0.373 e. The molecule has 1 aromatic heterocycles. The van der Waals surface area contributed by atoms with Crippen molar-refractivity contribution in [2.24, 2.45) is 0 Å². The molecule has 6 heteroatoms. The number of nitrogens with zero attached hydrogens (tertiary/aromatic N) is 3. The van der Waals surface area contributed by atoms with E-state index in [1.165, 1.54) is 11.1 Å². The summed E-state index contributed by atoms with van der Waals surface area (Å²) in [5, 5.41) is 3.19. The Bertz CT molecular complexity index is 456. The van der Waals surface area contributed by atoms with Crippen LogP contribution in [0.1, 0.15) is 30.3 Å². The highest BCUT2D eigenvalue weighted by Crippen LogP contribution is 2.25. The molecule has 1 atom stereocenters. The summed E-state index contributed by atoms with van der Waals surface area (Å²) in [5.41, 5.74) is 0.191. The van der Waals surface area contributed by atoms with Crippen LogP contribution in [-0.4, -0.2) is 53.6 Å². The van der Waals surface area contributed by atoms with Crippen LogP contribution in [0.3, 0.4) is 0 Å². The number of hydrogen-bond donors (Lipinski definition) is 1. The highest BCUT2D eigenvalue weighted by atomic mass is 16.5. The second-order valence-electron chi connectivity index (χ2n) is 5.24. The lowest BCUT2D eigenvalue weighted by Crippen LogP contribution is -2.33. The van der Waals surface area contributed by atoms with Gasteiger partial charge < -0.3 is 15.0 Å². The molecule has 1 N–H and O–H groups in total. The topological polar surface area (TPSA) is 67.4 Å². The van der Waals surface area contributed by atoms with Crippen LogP contribution >= 0.6 is 0 Å². The first-order valence-corrected chi connectivity index (χ1v) is 6.42. The monoisotopic (exact) mass is 264 g/mol. The van der Waals surface area contributed by atoms with Crippen molar-refractivity contribution in [3.05, 3.63) is 18.1 Å². The van der Waals surface area contributed by atoms with Crippen molar-refractivity contribution < 1.29 is 9.53 Å². The summed E-state index contributed by atoms with van der Waals surface area (Å²) in [4.78, 5) is 21.6. The van der Waals surface area contributed by atoms with Gasteiger partial charge in [-0.25, -0.2) is 4.98 Å². The maximum Gasteiger partial charge on any atom is 0.273 e. The molecule has 2 rings (SSSR count). The molecule has 0 bridgehead atoms. The van der Waals surface area contributed by atoms with Crippen LogP contribution in [0.15, 0.2) is 12.4 Å². The van der Waals surface area contributed by atoms with Crippen LogP contribution in [0, 0.1) is 0 Å². The van der Waals surface area contributed by atoms with Gasteiger partial charge in [0.15, 0.2) is 0 Å². The van der Waals surface area contributed by atoms with Crippen molar-refractivity contribution in [2.75, 3.05) is 32.6 Å². The Kier molecular flexibility index (Phi) is 3.99. The van der Waals surface area contributed by atoms with Crippen molar-refractivity contribution in [3.8, 4) is 0 Å². The number of amides is 1. The van der Waals surface area contributed by atoms with Gasteiger partial charge in [-0.3, -0.25) is 9.78 Å². The van der Waals surface area contributed by atoms with E-state index in [2.05, 4.69) is 22.2 Å². The molecule has 0 spiro atoms. The van der Waals surface area contributed by atoms with Crippen molar-refractivity contribution in [2.45, 2.75) is 25.4 Å². The summed E-state index contributed by atoms with van der Waals surface area (Å²) in [6.45, 7) is 3.56. The van der Waals surface area contributed by atoms with Crippen molar-refractivity contribution in [3.63, 3.8) is 0 Å². The predicted octanol–water partition coefficient (Wildman–Crippen LogP) is 1.16. The molecule has 1 saturated heterocycles. The molecule has 6 nitrogen and oxygen atoms in total. The minimum absolute atomic E-state index is 0.150. The quantitative estimate of drug-likeness (QED) is 0.884. The molecule has 0 aromatic carbocycles. The zero-order valence-corrected chi connectivity index (χ0v) is 11.6. The van der Waals surface area contributed by atoms with E-state index in [-0.39, 0.29) is 11.5 Å². The third kappa shape index (κ3) is 3.41. The number of ether oxygens (including phenoxy) is 1. The van der Waals surface area contributed by atoms with Crippen LogP contribution in [-0.2, 0) is 4.74 Å². The van der Waals surface area contributed by atoms with Gasteiger partial charge in [0.2, 0.25) is 0 Å². The second kappa shape index (κ2) is 5.52. The van der Waals surface area contributed by atoms with Gasteiger partial charge in [-0.2, -0.15) is 0 Å². The van der Waals surface area contributed by atoms with Gasteiger partial charge in [-0.1, -0.05) is 0 Å². The maximum atomic E-state index is 11.8. The van der Waals surface area contributed by atoms with Gasteiger partial charge in [-0.15, -0.1) is 0 Å². The molecule has 19 heavy (non-hydrogen) atoms. The third-order valence-electron chi connectivity index (χ3n) is 3.20. The van der Waals surface area contributed by atoms with E-state index in [0.717, 1.165) is 19.4 Å². The van der Waals surface area contributed by atoms with E-state index in [1.807, 2.05) is 0 Å². The fourth-order valence-corrected chi connectivity index (χ4v) is 2.04. The first-order chi connectivity index (χ1) is 9.00. The molecule has 0 radical (unpaired) electrons. The summed E-state index contributed by atoms with van der Waals surface area (Å²) < 4.78 is 5.69. The van der Waals surface area contributed by atoms with E-state index < -0.39 is 0 Å². The highest BCUT2D eigenvalue weighted by Gasteiger charge is 2.29. The second-order valence-corrected chi connectivity index (χ2v) is 5.24. The first-order valence-electron chi connectivity index (χ1n) is 6.42. The third-order valence-corrected chi connectivity index (χ3v) is 3.20. The van der Waals surface area contributed by atoms with Gasteiger partial charge in [-0.05, 0) is 19.8 Å². The Balaban J connectivity index is 2.01. The number of rotatable bonds is 4. The predicted molar refractivity (Wildman–Crippen MR) is 72.1 cm³/mol. The molecule has 104 valence electrons. The van der Waals surface area contributed by atoms with Crippen LogP contribution in [0.4, 0.5) is 5.82 Å². The molecular weight excluding hydrogens is 244 g/mol. The summed E-state index contributed by atoms with van der Waals surface area (Å²) in [5.74, 6) is 0.448. The van der Waals surface area contributed by atoms with Crippen LogP contribution in [0.5, 0.6) is 0 Å². The SMILES string of the molecule is CN(C)C(=O)c1cncc(NCC2(C)CCCO2)n1. The van der Waals surface area contributed by atoms with Gasteiger partial charge in [0, 0.05) is 27.2 Å². The fourth-order valence-electron chi connectivity index (χ4n) is 2.04. The van der Waals surface area contributed by atoms with E-state index in [0.29, 0.717) is 18.1 Å². The lowest BCUT2D eigenvalue weighted by Gasteiger charge is -2.23. The van der Waals surface area contributed by atoms with Crippen LogP contribution in [0.25, 0.3) is 0 Å². The van der Waals surface area contributed by atoms with Crippen LogP contribution < -0.4 is 5.32 Å². The number of anilines is 1. The Morgan fingerprint density at radius 3 is 2.95 bits per heavy atom. The minimum Gasteiger partial charge on any atom is -0.373 e. The van der Waals surface area contributed by atoms with E-state index in [9.17, 15) is 4.79 Å². The Hall–Kier alpha value is -1.69. The number of nitrogens with one attached hydrogen (secondary N) is 1. The summed E-state index contributed by atoms with van der Waals surface area (Å²) >= 11 is 0. The molecule has 0 aliphatic carbocycles. The van der Waals surface area contributed by atoms with E-state index >= 15 is 0 Å². The molecule has 1 aliphatic rings. The normalized spacial score (nSPS) is 22.3. The molecule has 1 amide bonds. The Labute approximate surface area is 113 Å². The Morgan fingerprint density at radius 1 is 1.53 bits per heavy atom. The smallest absolute Gasteiger partial charge is 0.273 e. The Morgan fingerprint density at radius 2 is 2.32 bits per heavy atom. The number of carbonyl (C=O) groups is 1. The van der Waals surface area contributed by atoms with Gasteiger partial charge in [0.25, 0.3) is 5.91 Å². The molecular formula is C13H20N4O2. The molecule has 1 aliphatic heterocycles. The van der Waals surface area contributed by atoms with Gasteiger partial charge in [0.05, 0.1) is 18.0 Å². The van der Waals surface area contributed by atoms with Crippen molar-refractivity contribution in [1.82, 2.24) is 14.9 Å². The lowest BCUT2D eigenvalue weighted by molar-refractivity contribution is 0.0314. The molecule has 2 heterocycles. The van der Waals surface area contributed by atoms with Crippen molar-refractivity contribution in [1.29, 1.82) is 0 Å². The summed E-state index contributed by atoms with van der Waals surface area (Å²) in [6.07, 6.45) is 5.21. The zero-order valence-electron chi connectivity index (χ0n) is 11.6. The van der Waals surface area contributed by atoms with Crippen molar-refractivity contribution >= 4 is 11.7 Å². The van der Waals surface area contributed by atoms with Gasteiger partial charge >= 0.3 is 0 Å². The summed E-state index contributed by atoms with van der Waals surface area (Å²) in [7, 11) is 3.38. The average Bonchev–Trinajstić information content (AvgIpc) is 2.83. The molecule has 1 unspecified atom stereocenters. The standard InChI is InChI=1S/C13H20N4O2/c1-13(5-4-6-19-13)9-15-11-8-14-7-10(16-11)12(18)17(2)3/h7-8H,4-6,9H2,1-3H3,(H,15,16). The number of carbonyl (C=O) groups excluding carboxylic acids is 1. The molecule has 1 fully saturated rings. The summed E-state index contributed by atoms with van der Waals surface area (Å²) in [6, 6.07) is 0. The van der Waals surface area contributed by atoms with E-state index in [4.69, 9.17) is 4.74 Å². The minimum atomic E-state index is -0.153. The molecule has 1 aromatic rings. The lowest BCUT2D eigenvalue weighted by atomic mass is 10.0. The van der Waals surface area contributed by atoms with Crippen LogP contribution in [0.2, 0.25) is 0 Å². The van der Waals surface area contributed by atoms with Gasteiger partial charge in [0.1, 0.15) is 11.5 Å². The maximum absolute atomic E-state index is 11.8. The van der Waals surface area contributed by atoms with E-state index in [1.54, 1.807) is 20.3 Å². The molecule has 0 saturated carbocycles. The number of aromatic nitrogens is 2. The highest BCUT2D eigenvalue weighted by molar-refractivity contribution is 5.91. The average molecular weight is 264 g/mol. The fraction of sp³-hybridized carbons (Fsp3) is 0.615. The number of hydrogen-bond acceptors (Lipinski definition) is 5. The zero-order chi connectivity index (χ0) is 13.9.